The first-order valence-electron chi connectivity index (χ1n) is 6.17. The fourth-order valence-corrected chi connectivity index (χ4v) is 3.58. The van der Waals surface area contributed by atoms with Gasteiger partial charge in [-0.3, -0.25) is 4.79 Å². The zero-order valence-electron chi connectivity index (χ0n) is 11.9. The molecule has 0 spiro atoms. The second kappa shape index (κ2) is 5.91. The van der Waals surface area contributed by atoms with Crippen molar-refractivity contribution in [2.75, 3.05) is 7.11 Å². The number of nitrogens with two attached hydrogens (primary N) is 1. The van der Waals surface area contributed by atoms with Crippen molar-refractivity contribution in [1.82, 2.24) is 0 Å². The molecule has 2 aromatic rings. The molecule has 6 heteroatoms. The van der Waals surface area contributed by atoms with Gasteiger partial charge in [-0.15, -0.1) is 24.0 Å². The van der Waals surface area contributed by atoms with Crippen LogP contribution < -0.4 is 5.73 Å². The number of rotatable bonds is 3. The van der Waals surface area contributed by atoms with Crippen molar-refractivity contribution in [1.29, 1.82) is 0 Å². The number of thiol groups is 1. The number of primary amides is 1. The summed E-state index contributed by atoms with van der Waals surface area (Å²) in [5.74, 6) is -0.875. The molecule has 2 rings (SSSR count). The molecule has 0 aliphatic heterocycles. The number of aryl methyl sites for hydroxylation is 1. The molecule has 1 amide bonds. The average molecular weight is 321 g/mol. The predicted molar refractivity (Wildman–Crippen MR) is 86.3 cm³/mol. The van der Waals surface area contributed by atoms with Gasteiger partial charge in [-0.05, 0) is 42.5 Å². The van der Waals surface area contributed by atoms with E-state index in [0.29, 0.717) is 21.6 Å². The van der Waals surface area contributed by atoms with Crippen LogP contribution >= 0.6 is 24.0 Å². The van der Waals surface area contributed by atoms with Crippen LogP contribution in [0.5, 0.6) is 0 Å². The topological polar surface area (TPSA) is 69.4 Å². The Kier molecular flexibility index (Phi) is 4.39. The summed E-state index contributed by atoms with van der Waals surface area (Å²) in [5.41, 5.74) is 8.64. The molecule has 0 atom stereocenters. The number of benzene rings is 1. The normalized spacial score (nSPS) is 10.5. The van der Waals surface area contributed by atoms with Crippen molar-refractivity contribution in [3.8, 4) is 10.4 Å². The first kappa shape index (κ1) is 15.6. The molecule has 0 bridgehead atoms. The minimum Gasteiger partial charge on any atom is -0.465 e. The molecule has 2 N–H and O–H groups in total. The van der Waals surface area contributed by atoms with E-state index in [4.69, 9.17) is 10.5 Å². The minimum absolute atomic E-state index is 0.395. The molecule has 0 radical (unpaired) electrons. The fourth-order valence-electron chi connectivity index (χ4n) is 2.31. The maximum atomic E-state index is 11.8. The summed E-state index contributed by atoms with van der Waals surface area (Å²) in [7, 11) is 1.35. The van der Waals surface area contributed by atoms with Crippen LogP contribution in [0.3, 0.4) is 0 Å². The van der Waals surface area contributed by atoms with Crippen molar-refractivity contribution < 1.29 is 14.3 Å². The van der Waals surface area contributed by atoms with Crippen LogP contribution in [0.2, 0.25) is 0 Å². The van der Waals surface area contributed by atoms with Crippen LogP contribution in [-0.4, -0.2) is 19.0 Å². The molecule has 0 saturated heterocycles. The van der Waals surface area contributed by atoms with E-state index >= 15 is 0 Å². The summed E-state index contributed by atoms with van der Waals surface area (Å²) < 4.78 is 4.79. The molecule has 0 aliphatic rings. The Hall–Kier alpha value is -1.79. The van der Waals surface area contributed by atoms with E-state index in [-0.39, 0.29) is 0 Å². The predicted octanol–water partition coefficient (Wildman–Crippen LogP) is 3.21. The Balaban J connectivity index is 2.70. The smallest absolute Gasteiger partial charge is 0.339 e. The summed E-state index contributed by atoms with van der Waals surface area (Å²) in [6, 6.07) is 3.54. The van der Waals surface area contributed by atoms with Crippen molar-refractivity contribution in [2.24, 2.45) is 5.73 Å². The van der Waals surface area contributed by atoms with Gasteiger partial charge in [-0.2, -0.15) is 0 Å². The molecular weight excluding hydrogens is 306 g/mol. The van der Waals surface area contributed by atoms with E-state index in [1.54, 1.807) is 13.0 Å². The molecule has 1 aromatic heterocycles. The first-order valence-corrected chi connectivity index (χ1v) is 7.50. The van der Waals surface area contributed by atoms with Crippen LogP contribution in [0.25, 0.3) is 10.4 Å². The number of ether oxygens (including phenoxy) is 1. The van der Waals surface area contributed by atoms with Gasteiger partial charge in [0.25, 0.3) is 0 Å². The second-order valence-corrected chi connectivity index (χ2v) is 5.97. The van der Waals surface area contributed by atoms with Crippen LogP contribution in [-0.2, 0) is 4.74 Å². The largest absolute Gasteiger partial charge is 0.465 e. The molecule has 0 aliphatic carbocycles. The van der Waals surface area contributed by atoms with Crippen molar-refractivity contribution >= 4 is 35.8 Å². The zero-order chi connectivity index (χ0) is 15.7. The SMILES string of the molecule is COC(=O)c1ccsc1-c1cc(C)c(C(N)=O)c(C)c1S. The molecule has 110 valence electrons. The number of carbonyl (C=O) groups excluding carboxylic acids is 2. The molecule has 1 aromatic carbocycles. The molecule has 0 saturated carbocycles. The Morgan fingerprint density at radius 2 is 2.00 bits per heavy atom. The lowest BCUT2D eigenvalue weighted by Gasteiger charge is -2.14. The van der Waals surface area contributed by atoms with Gasteiger partial charge in [0, 0.05) is 20.9 Å². The zero-order valence-corrected chi connectivity index (χ0v) is 13.6. The maximum Gasteiger partial charge on any atom is 0.339 e. The number of hydrogen-bond acceptors (Lipinski definition) is 5. The highest BCUT2D eigenvalue weighted by atomic mass is 32.1. The lowest BCUT2D eigenvalue weighted by molar-refractivity contribution is 0.0602. The van der Waals surface area contributed by atoms with Gasteiger partial charge in [0.05, 0.1) is 12.7 Å². The van der Waals surface area contributed by atoms with Gasteiger partial charge in [-0.1, -0.05) is 0 Å². The summed E-state index contributed by atoms with van der Waals surface area (Å²) in [6.45, 7) is 3.61. The number of methoxy groups -OCH3 is 1. The molecule has 0 fully saturated rings. The number of amides is 1. The molecule has 0 unspecified atom stereocenters. The highest BCUT2D eigenvalue weighted by molar-refractivity contribution is 7.80. The van der Waals surface area contributed by atoms with Gasteiger partial charge < -0.3 is 10.5 Å². The third-order valence-corrected chi connectivity index (χ3v) is 4.83. The number of hydrogen-bond donors (Lipinski definition) is 2. The van der Waals surface area contributed by atoms with Crippen LogP contribution in [0, 0.1) is 13.8 Å². The highest BCUT2D eigenvalue weighted by Gasteiger charge is 2.20. The number of carbonyl (C=O) groups is 2. The van der Waals surface area contributed by atoms with Crippen molar-refractivity contribution in [3.63, 3.8) is 0 Å². The first-order chi connectivity index (χ1) is 9.88. The van der Waals surface area contributed by atoms with Crippen LogP contribution in [0.1, 0.15) is 31.8 Å². The van der Waals surface area contributed by atoms with E-state index in [1.165, 1.54) is 18.4 Å². The summed E-state index contributed by atoms with van der Waals surface area (Å²) in [6.07, 6.45) is 0. The number of thiophene rings is 1. The van der Waals surface area contributed by atoms with Crippen LogP contribution in [0.4, 0.5) is 0 Å². The Bertz CT molecular complexity index is 735. The number of esters is 1. The standard InChI is InChI=1S/C15H15NO3S2/c1-7-6-10(12(20)8(2)11(7)14(16)17)13-9(4-5-21-13)15(18)19-3/h4-6,20H,1-3H3,(H2,16,17). The Labute approximate surface area is 132 Å². The molecule has 4 nitrogen and oxygen atoms in total. The van der Waals surface area contributed by atoms with E-state index in [1.807, 2.05) is 18.4 Å². The minimum atomic E-state index is -0.480. The van der Waals surface area contributed by atoms with Gasteiger partial charge in [0.1, 0.15) is 0 Å². The summed E-state index contributed by atoms with van der Waals surface area (Å²) >= 11 is 5.93. The average Bonchev–Trinajstić information content (AvgIpc) is 2.90. The lowest BCUT2D eigenvalue weighted by atomic mass is 9.97. The monoisotopic (exact) mass is 321 g/mol. The van der Waals surface area contributed by atoms with Crippen molar-refractivity contribution in [3.05, 3.63) is 39.8 Å². The van der Waals surface area contributed by atoms with E-state index in [2.05, 4.69) is 12.6 Å². The van der Waals surface area contributed by atoms with Gasteiger partial charge in [0.15, 0.2) is 0 Å². The van der Waals surface area contributed by atoms with E-state index in [0.717, 1.165) is 16.0 Å². The van der Waals surface area contributed by atoms with Gasteiger partial charge in [-0.25, -0.2) is 4.79 Å². The highest BCUT2D eigenvalue weighted by Crippen LogP contribution is 2.38. The summed E-state index contributed by atoms with van der Waals surface area (Å²) in [4.78, 5) is 24.8. The van der Waals surface area contributed by atoms with Gasteiger partial charge >= 0.3 is 5.97 Å². The maximum absolute atomic E-state index is 11.8. The molecule has 21 heavy (non-hydrogen) atoms. The van der Waals surface area contributed by atoms with Crippen molar-refractivity contribution in [2.45, 2.75) is 18.7 Å². The quantitative estimate of drug-likeness (QED) is 0.674. The molecular formula is C15H15NO3S2. The van der Waals surface area contributed by atoms with E-state index in [9.17, 15) is 9.59 Å². The third kappa shape index (κ3) is 2.69. The second-order valence-electron chi connectivity index (χ2n) is 4.61. The fraction of sp³-hybridized carbons (Fsp3) is 0.200. The summed E-state index contributed by atoms with van der Waals surface area (Å²) in [5, 5.41) is 1.82. The third-order valence-electron chi connectivity index (χ3n) is 3.30. The molecule has 1 heterocycles. The Morgan fingerprint density at radius 1 is 1.33 bits per heavy atom. The van der Waals surface area contributed by atoms with Gasteiger partial charge in [0.2, 0.25) is 5.91 Å². The Morgan fingerprint density at radius 3 is 2.57 bits per heavy atom. The van der Waals surface area contributed by atoms with Crippen LogP contribution in [0.15, 0.2) is 22.4 Å². The van der Waals surface area contributed by atoms with E-state index < -0.39 is 11.9 Å². The lowest BCUT2D eigenvalue weighted by Crippen LogP contribution is -2.15.